The quantitative estimate of drug-likeness (QED) is 0.854. The first kappa shape index (κ1) is 13.1. The molecule has 1 amide bonds. The van der Waals surface area contributed by atoms with Crippen molar-refractivity contribution in [1.29, 1.82) is 0 Å². The molecule has 1 N–H and O–H groups in total. The number of anilines is 1. The van der Waals surface area contributed by atoms with Gasteiger partial charge in [-0.05, 0) is 37.1 Å². The van der Waals surface area contributed by atoms with E-state index in [1.807, 2.05) is 6.92 Å². The van der Waals surface area contributed by atoms with Crippen LogP contribution in [0.4, 0.5) is 5.69 Å². The number of hydrogen-bond acceptors (Lipinski definition) is 2. The van der Waals surface area contributed by atoms with Gasteiger partial charge in [0.1, 0.15) is 0 Å². The van der Waals surface area contributed by atoms with E-state index in [4.69, 9.17) is 5.11 Å². The Bertz CT molecular complexity index is 527. The lowest BCUT2D eigenvalue weighted by atomic mass is 10.0. The summed E-state index contributed by atoms with van der Waals surface area (Å²) in [6.45, 7) is 4.26. The Hall–Kier alpha value is -1.36. The highest BCUT2D eigenvalue weighted by Gasteiger charge is 2.30. The largest absolute Gasteiger partial charge is 0.478 e. The van der Waals surface area contributed by atoms with Crippen molar-refractivity contribution in [2.45, 2.75) is 25.1 Å². The number of halogens is 1. The molecule has 5 heteroatoms. The number of carbonyl (C=O) groups excluding carboxylic acids is 1. The van der Waals surface area contributed by atoms with E-state index in [9.17, 15) is 9.59 Å². The van der Waals surface area contributed by atoms with Crippen molar-refractivity contribution >= 4 is 33.5 Å². The summed E-state index contributed by atoms with van der Waals surface area (Å²) in [5, 5.41) is 9.05. The first-order chi connectivity index (χ1) is 8.41. The van der Waals surface area contributed by atoms with Crippen molar-refractivity contribution in [1.82, 2.24) is 0 Å². The summed E-state index contributed by atoms with van der Waals surface area (Å²) in [6.07, 6.45) is 0.485. The Morgan fingerprint density at radius 3 is 2.56 bits per heavy atom. The van der Waals surface area contributed by atoms with Gasteiger partial charge in [-0.2, -0.15) is 0 Å². The second-order valence-electron chi connectivity index (χ2n) is 4.49. The zero-order chi connectivity index (χ0) is 13.4. The van der Waals surface area contributed by atoms with Gasteiger partial charge in [0.25, 0.3) is 0 Å². The van der Waals surface area contributed by atoms with Crippen molar-refractivity contribution in [2.24, 2.45) is 0 Å². The smallest absolute Gasteiger partial charge is 0.335 e. The fraction of sp³-hybridized carbons (Fsp3) is 0.385. The first-order valence-corrected chi connectivity index (χ1v) is 6.61. The predicted molar refractivity (Wildman–Crippen MR) is 72.6 cm³/mol. The molecule has 1 saturated heterocycles. The highest BCUT2D eigenvalue weighted by atomic mass is 79.9. The van der Waals surface area contributed by atoms with E-state index in [1.54, 1.807) is 24.0 Å². The molecule has 1 unspecified atom stereocenters. The summed E-state index contributed by atoms with van der Waals surface area (Å²) in [7, 11) is 0. The summed E-state index contributed by atoms with van der Waals surface area (Å²) in [5.74, 6) is -0.865. The van der Waals surface area contributed by atoms with E-state index < -0.39 is 5.97 Å². The molecule has 1 atom stereocenters. The lowest BCUT2D eigenvalue weighted by molar-refractivity contribution is -0.117. The molecule has 96 valence electrons. The number of nitrogens with zero attached hydrogens (tertiary/aromatic N) is 1. The number of alkyl halides is 1. The molecular formula is C13H14BrNO3. The van der Waals surface area contributed by atoms with E-state index >= 15 is 0 Å². The summed E-state index contributed by atoms with van der Waals surface area (Å²) in [6, 6.07) is 3.28. The molecule has 0 spiro atoms. The number of rotatable bonds is 2. The van der Waals surface area contributed by atoms with E-state index in [2.05, 4.69) is 15.9 Å². The van der Waals surface area contributed by atoms with Gasteiger partial charge in [-0.25, -0.2) is 4.79 Å². The lowest BCUT2D eigenvalue weighted by Gasteiger charge is -2.20. The minimum atomic E-state index is -0.937. The van der Waals surface area contributed by atoms with Crippen LogP contribution in [0.5, 0.6) is 0 Å². The third-order valence-corrected chi connectivity index (χ3v) is 3.97. The maximum absolute atomic E-state index is 11.8. The van der Waals surface area contributed by atoms with Gasteiger partial charge in [-0.1, -0.05) is 15.9 Å². The molecular weight excluding hydrogens is 298 g/mol. The standard InChI is InChI=1S/C13H14BrNO3/c1-7-8(2)11(4-3-10(7)13(17)18)15-6-9(14)5-12(15)16/h3-4,9H,5-6H2,1-2H3,(H,17,18). The van der Waals surface area contributed by atoms with Gasteiger partial charge in [-0.3, -0.25) is 4.79 Å². The molecule has 0 aliphatic carbocycles. The zero-order valence-electron chi connectivity index (χ0n) is 10.2. The van der Waals surface area contributed by atoms with E-state index in [1.165, 1.54) is 0 Å². The Labute approximate surface area is 114 Å². The Morgan fingerprint density at radius 1 is 1.39 bits per heavy atom. The Balaban J connectivity index is 2.45. The molecule has 1 aromatic carbocycles. The molecule has 4 nitrogen and oxygen atoms in total. The van der Waals surface area contributed by atoms with E-state index in [-0.39, 0.29) is 10.7 Å². The summed E-state index contributed by atoms with van der Waals surface area (Å²) >= 11 is 3.44. The van der Waals surface area contributed by atoms with Crippen LogP contribution in [0.3, 0.4) is 0 Å². The normalized spacial score (nSPS) is 19.4. The van der Waals surface area contributed by atoms with Gasteiger partial charge in [0.2, 0.25) is 5.91 Å². The van der Waals surface area contributed by atoms with Crippen LogP contribution in [0.15, 0.2) is 12.1 Å². The van der Waals surface area contributed by atoms with Crippen molar-refractivity contribution in [3.05, 3.63) is 28.8 Å². The number of carbonyl (C=O) groups is 2. The van der Waals surface area contributed by atoms with Crippen molar-refractivity contribution in [2.75, 3.05) is 11.4 Å². The fourth-order valence-corrected chi connectivity index (χ4v) is 2.79. The summed E-state index contributed by atoms with van der Waals surface area (Å²) < 4.78 is 0. The molecule has 1 aromatic rings. The van der Waals surface area contributed by atoms with Gasteiger partial charge >= 0.3 is 5.97 Å². The molecule has 1 fully saturated rings. The van der Waals surface area contributed by atoms with Gasteiger partial charge in [0, 0.05) is 23.5 Å². The molecule has 1 heterocycles. The topological polar surface area (TPSA) is 57.6 Å². The van der Waals surface area contributed by atoms with Crippen LogP contribution in [-0.4, -0.2) is 28.4 Å². The molecule has 0 saturated carbocycles. The monoisotopic (exact) mass is 311 g/mol. The van der Waals surface area contributed by atoms with Crippen molar-refractivity contribution < 1.29 is 14.7 Å². The Kier molecular flexibility index (Phi) is 3.43. The van der Waals surface area contributed by atoms with E-state index in [0.29, 0.717) is 24.1 Å². The SMILES string of the molecule is Cc1c(C(=O)O)ccc(N2CC(Br)CC2=O)c1C. The zero-order valence-corrected chi connectivity index (χ0v) is 11.8. The maximum atomic E-state index is 11.8. The maximum Gasteiger partial charge on any atom is 0.335 e. The average Bonchev–Trinajstić information content (AvgIpc) is 2.61. The molecule has 18 heavy (non-hydrogen) atoms. The second kappa shape index (κ2) is 4.72. The minimum Gasteiger partial charge on any atom is -0.478 e. The summed E-state index contributed by atoms with van der Waals surface area (Å²) in [5.41, 5.74) is 2.67. The van der Waals surface area contributed by atoms with Gasteiger partial charge in [-0.15, -0.1) is 0 Å². The lowest BCUT2D eigenvalue weighted by Crippen LogP contribution is -2.25. The van der Waals surface area contributed by atoms with Crippen LogP contribution in [0.25, 0.3) is 0 Å². The minimum absolute atomic E-state index is 0.0717. The molecule has 0 aromatic heterocycles. The second-order valence-corrected chi connectivity index (χ2v) is 5.79. The summed E-state index contributed by atoms with van der Waals surface area (Å²) in [4.78, 5) is 24.8. The molecule has 1 aliphatic rings. The molecule has 2 rings (SSSR count). The number of hydrogen-bond donors (Lipinski definition) is 1. The van der Waals surface area contributed by atoms with Crippen LogP contribution in [0.2, 0.25) is 0 Å². The first-order valence-electron chi connectivity index (χ1n) is 5.69. The fourth-order valence-electron chi connectivity index (χ4n) is 2.23. The van der Waals surface area contributed by atoms with Crippen molar-refractivity contribution in [3.63, 3.8) is 0 Å². The number of amides is 1. The Morgan fingerprint density at radius 2 is 2.06 bits per heavy atom. The molecule has 0 bridgehead atoms. The van der Waals surface area contributed by atoms with Gasteiger partial charge in [0.15, 0.2) is 0 Å². The highest BCUT2D eigenvalue weighted by Crippen LogP contribution is 2.30. The van der Waals surface area contributed by atoms with Gasteiger partial charge < -0.3 is 10.0 Å². The number of carboxylic acids is 1. The highest BCUT2D eigenvalue weighted by molar-refractivity contribution is 9.09. The van der Waals surface area contributed by atoms with Crippen LogP contribution in [-0.2, 0) is 4.79 Å². The average molecular weight is 312 g/mol. The van der Waals surface area contributed by atoms with Crippen LogP contribution < -0.4 is 4.90 Å². The van der Waals surface area contributed by atoms with E-state index in [0.717, 1.165) is 11.3 Å². The van der Waals surface area contributed by atoms with Crippen LogP contribution >= 0.6 is 15.9 Å². The molecule has 0 radical (unpaired) electrons. The third-order valence-electron chi connectivity index (χ3n) is 3.36. The number of carboxylic acid groups (broad SMARTS) is 1. The van der Waals surface area contributed by atoms with Crippen LogP contribution in [0, 0.1) is 13.8 Å². The van der Waals surface area contributed by atoms with Gasteiger partial charge in [0.05, 0.1) is 5.56 Å². The van der Waals surface area contributed by atoms with Crippen LogP contribution in [0.1, 0.15) is 27.9 Å². The number of benzene rings is 1. The third kappa shape index (κ3) is 2.14. The number of aromatic carboxylic acids is 1. The predicted octanol–water partition coefficient (Wildman–Crippen LogP) is 2.50. The van der Waals surface area contributed by atoms with Crippen molar-refractivity contribution in [3.8, 4) is 0 Å². The molecule has 1 aliphatic heterocycles.